The van der Waals surface area contributed by atoms with E-state index in [2.05, 4.69) is 36.9 Å². The topological polar surface area (TPSA) is 3.24 Å². The predicted molar refractivity (Wildman–Crippen MR) is 51.0 cm³/mol. The van der Waals surface area contributed by atoms with Crippen molar-refractivity contribution in [3.8, 4) is 0 Å². The Kier molecular flexibility index (Phi) is 1.89. The summed E-state index contributed by atoms with van der Waals surface area (Å²) in [7, 11) is 0. The molecule has 1 aliphatic heterocycles. The molecule has 0 bridgehead atoms. The monoisotopic (exact) mass is 161 g/mol. The highest BCUT2D eigenvalue weighted by Crippen LogP contribution is 2.22. The van der Waals surface area contributed by atoms with Crippen LogP contribution in [0.1, 0.15) is 23.6 Å². The number of rotatable bonds is 1. The van der Waals surface area contributed by atoms with Gasteiger partial charge in [-0.05, 0) is 24.6 Å². The molecule has 2 rings (SSSR count). The van der Waals surface area contributed by atoms with Crippen LogP contribution in [0.4, 0.5) is 0 Å². The van der Waals surface area contributed by atoms with Crippen LogP contribution in [-0.2, 0) is 13.1 Å². The van der Waals surface area contributed by atoms with Crippen LogP contribution in [0.2, 0.25) is 0 Å². The summed E-state index contributed by atoms with van der Waals surface area (Å²) in [6.07, 6.45) is 0. The molecule has 0 aromatic heterocycles. The van der Waals surface area contributed by atoms with Crippen LogP contribution in [0.15, 0.2) is 18.2 Å². The van der Waals surface area contributed by atoms with Gasteiger partial charge in [-0.25, -0.2) is 0 Å². The molecule has 1 heterocycles. The van der Waals surface area contributed by atoms with Crippen molar-refractivity contribution in [2.75, 3.05) is 6.54 Å². The minimum absolute atomic E-state index is 1.14. The lowest BCUT2D eigenvalue weighted by molar-refractivity contribution is 0.301. The minimum atomic E-state index is 1.14. The molecule has 0 atom stereocenters. The maximum absolute atomic E-state index is 2.46. The summed E-state index contributed by atoms with van der Waals surface area (Å²) in [5.41, 5.74) is 4.42. The molecular weight excluding hydrogens is 146 g/mol. The Labute approximate surface area is 74.0 Å². The Hall–Kier alpha value is -0.820. The van der Waals surface area contributed by atoms with Crippen LogP contribution < -0.4 is 0 Å². The van der Waals surface area contributed by atoms with Crippen LogP contribution >= 0.6 is 0 Å². The molecule has 0 aliphatic carbocycles. The first kappa shape index (κ1) is 7.81. The van der Waals surface area contributed by atoms with Gasteiger partial charge >= 0.3 is 0 Å². The molecule has 0 amide bonds. The Balaban J connectivity index is 2.30. The predicted octanol–water partition coefficient (Wildman–Crippen LogP) is 2.33. The summed E-state index contributed by atoms with van der Waals surface area (Å²) in [6.45, 7) is 7.83. The second kappa shape index (κ2) is 2.91. The van der Waals surface area contributed by atoms with E-state index < -0.39 is 0 Å². The van der Waals surface area contributed by atoms with E-state index in [0.717, 1.165) is 19.6 Å². The van der Waals surface area contributed by atoms with Gasteiger partial charge in [0.05, 0.1) is 0 Å². The second-order valence-electron chi connectivity index (χ2n) is 3.58. The van der Waals surface area contributed by atoms with Crippen molar-refractivity contribution >= 4 is 0 Å². The van der Waals surface area contributed by atoms with Crippen LogP contribution in [0.25, 0.3) is 0 Å². The SMILES string of the molecule is CCN1Cc2ccc(C)cc2C1. The van der Waals surface area contributed by atoms with E-state index in [1.807, 2.05) is 0 Å². The molecule has 1 nitrogen and oxygen atoms in total. The van der Waals surface area contributed by atoms with Gasteiger partial charge in [-0.15, -0.1) is 0 Å². The third-order valence-electron chi connectivity index (χ3n) is 2.60. The van der Waals surface area contributed by atoms with Crippen molar-refractivity contribution in [2.45, 2.75) is 26.9 Å². The second-order valence-corrected chi connectivity index (χ2v) is 3.58. The molecule has 0 saturated carbocycles. The minimum Gasteiger partial charge on any atom is -0.295 e. The number of benzene rings is 1. The van der Waals surface area contributed by atoms with Gasteiger partial charge in [-0.2, -0.15) is 0 Å². The van der Waals surface area contributed by atoms with Gasteiger partial charge < -0.3 is 0 Å². The van der Waals surface area contributed by atoms with Crippen molar-refractivity contribution in [3.63, 3.8) is 0 Å². The van der Waals surface area contributed by atoms with Crippen molar-refractivity contribution in [2.24, 2.45) is 0 Å². The average molecular weight is 161 g/mol. The van der Waals surface area contributed by atoms with Crippen molar-refractivity contribution in [1.29, 1.82) is 0 Å². The highest BCUT2D eigenvalue weighted by Gasteiger charge is 2.16. The highest BCUT2D eigenvalue weighted by atomic mass is 15.1. The summed E-state index contributed by atoms with van der Waals surface area (Å²) in [4.78, 5) is 2.46. The zero-order valence-corrected chi connectivity index (χ0v) is 7.80. The van der Waals surface area contributed by atoms with Gasteiger partial charge in [0.1, 0.15) is 0 Å². The number of hydrogen-bond acceptors (Lipinski definition) is 1. The zero-order valence-electron chi connectivity index (χ0n) is 7.80. The van der Waals surface area contributed by atoms with Gasteiger partial charge in [0.15, 0.2) is 0 Å². The molecule has 1 aliphatic rings. The third-order valence-corrected chi connectivity index (χ3v) is 2.60. The Bertz CT molecular complexity index is 291. The number of aryl methyl sites for hydroxylation is 1. The van der Waals surface area contributed by atoms with Gasteiger partial charge in [-0.3, -0.25) is 4.90 Å². The number of fused-ring (bicyclic) bond motifs is 1. The molecule has 1 aromatic rings. The summed E-state index contributed by atoms with van der Waals surface area (Å²) in [6, 6.07) is 6.78. The molecule has 0 spiro atoms. The molecule has 0 N–H and O–H groups in total. The smallest absolute Gasteiger partial charge is 0.0240 e. The maximum atomic E-state index is 2.46. The molecule has 12 heavy (non-hydrogen) atoms. The molecule has 1 heteroatoms. The first-order valence-corrected chi connectivity index (χ1v) is 4.60. The summed E-state index contributed by atoms with van der Waals surface area (Å²) in [5.74, 6) is 0. The standard InChI is InChI=1S/C11H15N/c1-3-12-7-10-5-4-9(2)6-11(10)8-12/h4-6H,3,7-8H2,1-2H3. The average Bonchev–Trinajstić information content (AvgIpc) is 2.46. The fourth-order valence-corrected chi connectivity index (χ4v) is 1.82. The van der Waals surface area contributed by atoms with E-state index in [0.29, 0.717) is 0 Å². The highest BCUT2D eigenvalue weighted by molar-refractivity contribution is 5.34. The Morgan fingerprint density at radius 2 is 2.00 bits per heavy atom. The Morgan fingerprint density at radius 1 is 1.25 bits per heavy atom. The third kappa shape index (κ3) is 1.25. The molecule has 0 saturated heterocycles. The molecule has 0 fully saturated rings. The molecule has 1 aromatic carbocycles. The fraction of sp³-hybridized carbons (Fsp3) is 0.455. The van der Waals surface area contributed by atoms with Crippen molar-refractivity contribution in [3.05, 3.63) is 34.9 Å². The first-order valence-electron chi connectivity index (χ1n) is 4.60. The van der Waals surface area contributed by atoms with Crippen molar-refractivity contribution < 1.29 is 0 Å². The van der Waals surface area contributed by atoms with E-state index in [1.165, 1.54) is 16.7 Å². The zero-order chi connectivity index (χ0) is 8.55. The molecule has 0 unspecified atom stereocenters. The van der Waals surface area contributed by atoms with Gasteiger partial charge in [0.2, 0.25) is 0 Å². The van der Waals surface area contributed by atoms with Crippen LogP contribution in [-0.4, -0.2) is 11.4 Å². The van der Waals surface area contributed by atoms with Gasteiger partial charge in [0, 0.05) is 13.1 Å². The van der Waals surface area contributed by atoms with Crippen LogP contribution in [0.3, 0.4) is 0 Å². The van der Waals surface area contributed by atoms with E-state index in [4.69, 9.17) is 0 Å². The lowest BCUT2D eigenvalue weighted by Gasteiger charge is -2.09. The van der Waals surface area contributed by atoms with Gasteiger partial charge in [0.25, 0.3) is 0 Å². The van der Waals surface area contributed by atoms with E-state index in [-0.39, 0.29) is 0 Å². The quantitative estimate of drug-likeness (QED) is 0.611. The van der Waals surface area contributed by atoms with E-state index >= 15 is 0 Å². The lowest BCUT2D eigenvalue weighted by atomic mass is 10.1. The van der Waals surface area contributed by atoms with E-state index in [9.17, 15) is 0 Å². The van der Waals surface area contributed by atoms with E-state index in [1.54, 1.807) is 0 Å². The largest absolute Gasteiger partial charge is 0.295 e. The Morgan fingerprint density at radius 3 is 2.75 bits per heavy atom. The maximum Gasteiger partial charge on any atom is 0.0240 e. The molecule has 0 radical (unpaired) electrons. The lowest BCUT2D eigenvalue weighted by Crippen LogP contribution is -2.14. The number of hydrogen-bond donors (Lipinski definition) is 0. The van der Waals surface area contributed by atoms with Gasteiger partial charge in [-0.1, -0.05) is 30.7 Å². The normalized spacial score (nSPS) is 16.5. The fourth-order valence-electron chi connectivity index (χ4n) is 1.82. The summed E-state index contributed by atoms with van der Waals surface area (Å²) in [5, 5.41) is 0. The van der Waals surface area contributed by atoms with Crippen molar-refractivity contribution in [1.82, 2.24) is 4.90 Å². The number of nitrogens with zero attached hydrogens (tertiary/aromatic N) is 1. The molecular formula is C11H15N. The van der Waals surface area contributed by atoms with Crippen LogP contribution in [0.5, 0.6) is 0 Å². The summed E-state index contributed by atoms with van der Waals surface area (Å²) < 4.78 is 0. The summed E-state index contributed by atoms with van der Waals surface area (Å²) >= 11 is 0. The molecule has 64 valence electrons. The van der Waals surface area contributed by atoms with Crippen LogP contribution in [0, 0.1) is 6.92 Å². The first-order chi connectivity index (χ1) is 5.79.